The van der Waals surface area contributed by atoms with E-state index in [1.54, 1.807) is 7.11 Å². The molecule has 2 aliphatic rings. The van der Waals surface area contributed by atoms with Gasteiger partial charge in [0.1, 0.15) is 0 Å². The maximum Gasteiger partial charge on any atom is 0.222 e. The molecule has 3 rings (SSSR count). The lowest BCUT2D eigenvalue weighted by molar-refractivity contribution is -0.130. The topological polar surface area (TPSA) is 59.0 Å². The Morgan fingerprint density at radius 2 is 2.04 bits per heavy atom. The first-order valence-corrected chi connectivity index (χ1v) is 10.2. The molecule has 1 aromatic carbocycles. The average molecular weight is 376 g/mol. The molecule has 0 radical (unpaired) electrons. The molecule has 1 aromatic rings. The molecule has 1 aliphatic carbocycles. The minimum absolute atomic E-state index is 0.0600. The number of amides is 1. The summed E-state index contributed by atoms with van der Waals surface area (Å²) in [6, 6.07) is 6.06. The van der Waals surface area contributed by atoms with Crippen LogP contribution in [0.5, 0.6) is 11.5 Å². The summed E-state index contributed by atoms with van der Waals surface area (Å²) in [4.78, 5) is 14.2. The van der Waals surface area contributed by atoms with Crippen LogP contribution < -0.4 is 9.47 Å². The first kappa shape index (κ1) is 20.0. The molecule has 1 saturated carbocycles. The van der Waals surface area contributed by atoms with Gasteiger partial charge in [-0.15, -0.1) is 0 Å². The monoisotopic (exact) mass is 375 g/mol. The van der Waals surface area contributed by atoms with Crippen molar-refractivity contribution in [1.82, 2.24) is 4.90 Å². The Kier molecular flexibility index (Phi) is 5.99. The molecule has 1 saturated heterocycles. The molecule has 5 heteroatoms. The van der Waals surface area contributed by atoms with Gasteiger partial charge in [-0.2, -0.15) is 0 Å². The third kappa shape index (κ3) is 3.93. The van der Waals surface area contributed by atoms with Crippen LogP contribution in [-0.2, 0) is 4.79 Å². The summed E-state index contributed by atoms with van der Waals surface area (Å²) in [6.45, 7) is 6.99. The first-order valence-electron chi connectivity index (χ1n) is 10.2. The van der Waals surface area contributed by atoms with Gasteiger partial charge in [0.15, 0.2) is 11.5 Å². The first-order chi connectivity index (χ1) is 12.9. The molecule has 2 fully saturated rings. The van der Waals surface area contributed by atoms with Crippen molar-refractivity contribution in [3.8, 4) is 11.5 Å². The summed E-state index contributed by atoms with van der Waals surface area (Å²) in [5, 5.41) is 10.5. The van der Waals surface area contributed by atoms with Gasteiger partial charge in [-0.3, -0.25) is 4.79 Å². The summed E-state index contributed by atoms with van der Waals surface area (Å²) in [6.07, 6.45) is 4.81. The normalized spacial score (nSPS) is 27.0. The number of hydrogen-bond acceptors (Lipinski definition) is 4. The van der Waals surface area contributed by atoms with E-state index in [2.05, 4.69) is 13.0 Å². The molecule has 1 aliphatic heterocycles. The zero-order chi connectivity index (χ0) is 19.6. The number of likely N-dealkylation sites (tertiary alicyclic amines) is 1. The van der Waals surface area contributed by atoms with Gasteiger partial charge < -0.3 is 19.5 Å². The highest BCUT2D eigenvalue weighted by molar-refractivity contribution is 5.76. The molecule has 3 atom stereocenters. The van der Waals surface area contributed by atoms with Crippen LogP contribution in [0.15, 0.2) is 18.2 Å². The van der Waals surface area contributed by atoms with Crippen LogP contribution in [0, 0.1) is 5.41 Å². The molecule has 1 amide bonds. The quantitative estimate of drug-likeness (QED) is 0.823. The van der Waals surface area contributed by atoms with Gasteiger partial charge in [0.05, 0.1) is 19.3 Å². The van der Waals surface area contributed by atoms with Crippen molar-refractivity contribution >= 4 is 5.91 Å². The minimum atomic E-state index is -0.515. The number of methoxy groups -OCH3 is 1. The van der Waals surface area contributed by atoms with Crippen molar-refractivity contribution in [2.75, 3.05) is 20.2 Å². The number of hydrogen-bond donors (Lipinski definition) is 1. The Balaban J connectivity index is 1.91. The summed E-state index contributed by atoms with van der Waals surface area (Å²) in [5.41, 5.74) is 0.711. The zero-order valence-electron chi connectivity index (χ0n) is 17.0. The van der Waals surface area contributed by atoms with E-state index >= 15 is 0 Å². The molecule has 1 N–H and O–H groups in total. The lowest BCUT2D eigenvalue weighted by atomic mass is 9.72. The van der Waals surface area contributed by atoms with Crippen molar-refractivity contribution in [1.29, 1.82) is 0 Å². The number of aliphatic hydroxyl groups is 1. The summed E-state index contributed by atoms with van der Waals surface area (Å²) < 4.78 is 11.8. The fraction of sp³-hybridized carbons (Fsp3) is 0.682. The molecule has 0 bridgehead atoms. The second-order valence-corrected chi connectivity index (χ2v) is 8.30. The zero-order valence-corrected chi connectivity index (χ0v) is 17.0. The molecule has 0 aromatic heterocycles. The number of ether oxygens (including phenoxy) is 2. The third-order valence-corrected chi connectivity index (χ3v) is 6.53. The number of benzene rings is 1. The van der Waals surface area contributed by atoms with Crippen molar-refractivity contribution in [3.63, 3.8) is 0 Å². The third-order valence-electron chi connectivity index (χ3n) is 6.53. The molecule has 5 nitrogen and oxygen atoms in total. The molecular formula is C22H33NO4. The summed E-state index contributed by atoms with van der Waals surface area (Å²) in [7, 11) is 1.66. The molecule has 0 unspecified atom stereocenters. The van der Waals surface area contributed by atoms with Crippen LogP contribution in [0.3, 0.4) is 0 Å². The standard InChI is InChI=1S/C22H33NO4/c1-5-21(25)23-13-18(22(3,14-23)15(2)24)16-10-11-19(26-4)20(12-16)27-17-8-6-7-9-17/h10-12,15,17-18,24H,5-9,13-14H2,1-4H3/t15-,18+,22+/m1/s1. The smallest absolute Gasteiger partial charge is 0.222 e. The van der Waals surface area contributed by atoms with E-state index in [1.807, 2.05) is 30.9 Å². The summed E-state index contributed by atoms with van der Waals surface area (Å²) >= 11 is 0. The van der Waals surface area contributed by atoms with Crippen LogP contribution >= 0.6 is 0 Å². The van der Waals surface area contributed by atoms with E-state index in [9.17, 15) is 9.90 Å². The van der Waals surface area contributed by atoms with Gasteiger partial charge >= 0.3 is 0 Å². The Morgan fingerprint density at radius 3 is 2.63 bits per heavy atom. The van der Waals surface area contributed by atoms with Gasteiger partial charge in [0, 0.05) is 30.8 Å². The van der Waals surface area contributed by atoms with Gasteiger partial charge in [0.25, 0.3) is 0 Å². The summed E-state index contributed by atoms with van der Waals surface area (Å²) in [5.74, 6) is 1.71. The van der Waals surface area contributed by atoms with Crippen LogP contribution in [0.25, 0.3) is 0 Å². The highest BCUT2D eigenvalue weighted by Gasteiger charge is 2.48. The Labute approximate surface area is 162 Å². The second-order valence-electron chi connectivity index (χ2n) is 8.30. The SMILES string of the molecule is CCC(=O)N1C[C@@H](c2ccc(OC)c(OC3CCCC3)c2)[C@](C)([C@@H](C)O)C1. The highest BCUT2D eigenvalue weighted by atomic mass is 16.5. The lowest BCUT2D eigenvalue weighted by Gasteiger charge is -2.34. The van der Waals surface area contributed by atoms with E-state index in [0.717, 1.165) is 29.9 Å². The van der Waals surface area contributed by atoms with E-state index in [0.29, 0.717) is 19.5 Å². The number of carbonyl (C=O) groups is 1. The predicted octanol–water partition coefficient (Wildman–Crippen LogP) is 3.74. The van der Waals surface area contributed by atoms with Crippen molar-refractivity contribution < 1.29 is 19.4 Å². The molecule has 27 heavy (non-hydrogen) atoms. The maximum atomic E-state index is 12.3. The highest BCUT2D eigenvalue weighted by Crippen LogP contribution is 2.47. The second kappa shape index (κ2) is 8.09. The molecular weight excluding hydrogens is 342 g/mol. The largest absolute Gasteiger partial charge is 0.493 e. The van der Waals surface area contributed by atoms with Crippen molar-refractivity contribution in [2.45, 2.75) is 71.0 Å². The Bertz CT molecular complexity index is 668. The Morgan fingerprint density at radius 1 is 1.33 bits per heavy atom. The number of nitrogens with zero attached hydrogens (tertiary/aromatic N) is 1. The van der Waals surface area contributed by atoms with Gasteiger partial charge in [-0.25, -0.2) is 0 Å². The van der Waals surface area contributed by atoms with E-state index in [-0.39, 0.29) is 23.3 Å². The van der Waals surface area contributed by atoms with Crippen LogP contribution in [0.1, 0.15) is 64.4 Å². The van der Waals surface area contributed by atoms with Gasteiger partial charge in [-0.1, -0.05) is 19.9 Å². The fourth-order valence-corrected chi connectivity index (χ4v) is 4.53. The number of carbonyl (C=O) groups excluding carboxylic acids is 1. The van der Waals surface area contributed by atoms with Gasteiger partial charge in [0.2, 0.25) is 5.91 Å². The number of aliphatic hydroxyl groups excluding tert-OH is 1. The predicted molar refractivity (Wildman–Crippen MR) is 105 cm³/mol. The minimum Gasteiger partial charge on any atom is -0.493 e. The van der Waals surface area contributed by atoms with Crippen LogP contribution in [0.4, 0.5) is 0 Å². The van der Waals surface area contributed by atoms with Crippen LogP contribution in [0.2, 0.25) is 0 Å². The molecule has 1 heterocycles. The maximum absolute atomic E-state index is 12.3. The van der Waals surface area contributed by atoms with Crippen molar-refractivity contribution in [3.05, 3.63) is 23.8 Å². The van der Waals surface area contributed by atoms with Gasteiger partial charge in [-0.05, 0) is 50.3 Å². The van der Waals surface area contributed by atoms with Crippen LogP contribution in [-0.4, -0.2) is 48.3 Å². The average Bonchev–Trinajstić information content (AvgIpc) is 3.29. The number of rotatable bonds is 6. The van der Waals surface area contributed by atoms with E-state index in [4.69, 9.17) is 9.47 Å². The fourth-order valence-electron chi connectivity index (χ4n) is 4.53. The lowest BCUT2D eigenvalue weighted by Crippen LogP contribution is -2.38. The molecule has 150 valence electrons. The molecule has 0 spiro atoms. The Hall–Kier alpha value is -1.75. The van der Waals surface area contributed by atoms with E-state index in [1.165, 1.54) is 12.8 Å². The van der Waals surface area contributed by atoms with Crippen molar-refractivity contribution in [2.24, 2.45) is 5.41 Å². The van der Waals surface area contributed by atoms with E-state index < -0.39 is 6.10 Å².